The van der Waals surface area contributed by atoms with Crippen molar-refractivity contribution in [2.75, 3.05) is 26.8 Å². The second-order valence-electron chi connectivity index (χ2n) is 3.97. The van der Waals surface area contributed by atoms with Gasteiger partial charge in [0.2, 0.25) is 0 Å². The van der Waals surface area contributed by atoms with Gasteiger partial charge >= 0.3 is 0 Å². The highest BCUT2D eigenvalue weighted by Crippen LogP contribution is 2.16. The molecule has 2 unspecified atom stereocenters. The second kappa shape index (κ2) is 7.21. The Hall–Kier alpha value is -0.120. The molecule has 14 heavy (non-hydrogen) atoms. The van der Waals surface area contributed by atoms with Crippen LogP contribution < -0.4 is 5.32 Å². The van der Waals surface area contributed by atoms with E-state index in [0.29, 0.717) is 6.61 Å². The summed E-state index contributed by atoms with van der Waals surface area (Å²) in [7, 11) is 1.70. The molecule has 0 saturated carbocycles. The Morgan fingerprint density at radius 1 is 1.36 bits per heavy atom. The summed E-state index contributed by atoms with van der Waals surface area (Å²) in [6, 6.07) is 0. The maximum Gasteiger partial charge on any atom is 0.0788 e. The van der Waals surface area contributed by atoms with Gasteiger partial charge in [0.1, 0.15) is 0 Å². The summed E-state index contributed by atoms with van der Waals surface area (Å²) in [6.45, 7) is 11.0. The molecule has 0 fully saturated rings. The van der Waals surface area contributed by atoms with E-state index in [4.69, 9.17) is 9.47 Å². The smallest absolute Gasteiger partial charge is 0.0788 e. The monoisotopic (exact) mass is 203 g/mol. The molecule has 3 heteroatoms. The summed E-state index contributed by atoms with van der Waals surface area (Å²) >= 11 is 0. The molecule has 0 rings (SSSR count). The average molecular weight is 203 g/mol. The van der Waals surface area contributed by atoms with Crippen molar-refractivity contribution in [3.63, 3.8) is 0 Å². The van der Waals surface area contributed by atoms with E-state index in [2.05, 4.69) is 26.1 Å². The molecule has 0 aromatic heterocycles. The lowest BCUT2D eigenvalue weighted by molar-refractivity contribution is -0.0974. The molecule has 0 aliphatic rings. The standard InChI is InChI=1S/C11H25NO2/c1-6-11(4,9-12-7-2)14-10(3)8-13-5/h10,12H,6-9H2,1-5H3. The number of hydrogen-bond donors (Lipinski definition) is 1. The minimum Gasteiger partial charge on any atom is -0.382 e. The van der Waals surface area contributed by atoms with Gasteiger partial charge in [-0.1, -0.05) is 13.8 Å². The highest BCUT2D eigenvalue weighted by atomic mass is 16.5. The number of likely N-dealkylation sites (N-methyl/N-ethyl adjacent to an activating group) is 1. The summed E-state index contributed by atoms with van der Waals surface area (Å²) in [6.07, 6.45) is 1.16. The molecular formula is C11H25NO2. The zero-order valence-electron chi connectivity index (χ0n) is 10.2. The molecule has 0 bridgehead atoms. The maximum atomic E-state index is 5.94. The van der Waals surface area contributed by atoms with Crippen molar-refractivity contribution in [3.8, 4) is 0 Å². The van der Waals surface area contributed by atoms with Crippen molar-refractivity contribution in [2.45, 2.75) is 45.8 Å². The highest BCUT2D eigenvalue weighted by molar-refractivity contribution is 4.77. The van der Waals surface area contributed by atoms with Crippen LogP contribution in [0, 0.1) is 0 Å². The van der Waals surface area contributed by atoms with Gasteiger partial charge in [0, 0.05) is 13.7 Å². The molecule has 0 heterocycles. The topological polar surface area (TPSA) is 30.5 Å². The van der Waals surface area contributed by atoms with E-state index in [1.165, 1.54) is 0 Å². The van der Waals surface area contributed by atoms with Crippen molar-refractivity contribution in [1.82, 2.24) is 5.32 Å². The molecule has 0 aliphatic heterocycles. The SMILES string of the molecule is CCNCC(C)(CC)OC(C)COC. The predicted octanol–water partition coefficient (Wildman–Crippen LogP) is 1.82. The molecule has 3 nitrogen and oxygen atoms in total. The van der Waals surface area contributed by atoms with Crippen molar-refractivity contribution in [3.05, 3.63) is 0 Å². The Balaban J connectivity index is 3.96. The van der Waals surface area contributed by atoms with E-state index in [1.54, 1.807) is 7.11 Å². The zero-order chi connectivity index (χ0) is 11.0. The molecule has 0 aromatic carbocycles. The van der Waals surface area contributed by atoms with Gasteiger partial charge in [-0.3, -0.25) is 0 Å². The summed E-state index contributed by atoms with van der Waals surface area (Å²) in [5.74, 6) is 0. The molecular weight excluding hydrogens is 178 g/mol. The molecule has 2 atom stereocenters. The fourth-order valence-electron chi connectivity index (χ4n) is 1.39. The summed E-state index contributed by atoms with van der Waals surface area (Å²) < 4.78 is 11.0. The zero-order valence-corrected chi connectivity index (χ0v) is 10.2. The first-order chi connectivity index (χ1) is 6.58. The second-order valence-corrected chi connectivity index (χ2v) is 3.97. The van der Waals surface area contributed by atoms with E-state index in [1.807, 2.05) is 6.92 Å². The first kappa shape index (κ1) is 13.9. The molecule has 0 spiro atoms. The Bertz CT molecular complexity index is 141. The molecule has 0 aromatic rings. The van der Waals surface area contributed by atoms with Crippen LogP contribution in [0.5, 0.6) is 0 Å². The Morgan fingerprint density at radius 2 is 2.00 bits per heavy atom. The number of ether oxygens (including phenoxy) is 2. The van der Waals surface area contributed by atoms with Crippen LogP contribution in [0.3, 0.4) is 0 Å². The van der Waals surface area contributed by atoms with E-state index in [0.717, 1.165) is 19.5 Å². The Morgan fingerprint density at radius 3 is 2.43 bits per heavy atom. The molecule has 1 N–H and O–H groups in total. The lowest BCUT2D eigenvalue weighted by Gasteiger charge is -2.32. The third-order valence-electron chi connectivity index (χ3n) is 2.38. The number of methoxy groups -OCH3 is 1. The van der Waals surface area contributed by atoms with Gasteiger partial charge in [-0.25, -0.2) is 0 Å². The Labute approximate surface area is 88.2 Å². The van der Waals surface area contributed by atoms with Crippen molar-refractivity contribution < 1.29 is 9.47 Å². The van der Waals surface area contributed by atoms with Gasteiger partial charge in [0.05, 0.1) is 18.3 Å². The molecule has 0 aliphatic carbocycles. The summed E-state index contributed by atoms with van der Waals surface area (Å²) in [4.78, 5) is 0. The third-order valence-corrected chi connectivity index (χ3v) is 2.38. The number of hydrogen-bond acceptors (Lipinski definition) is 3. The predicted molar refractivity (Wildman–Crippen MR) is 59.7 cm³/mol. The van der Waals surface area contributed by atoms with Gasteiger partial charge in [0.25, 0.3) is 0 Å². The van der Waals surface area contributed by atoms with Gasteiger partial charge < -0.3 is 14.8 Å². The van der Waals surface area contributed by atoms with Gasteiger partial charge in [-0.15, -0.1) is 0 Å². The van der Waals surface area contributed by atoms with Gasteiger partial charge in [-0.05, 0) is 26.8 Å². The largest absolute Gasteiger partial charge is 0.382 e. The Kier molecular flexibility index (Phi) is 7.15. The highest BCUT2D eigenvalue weighted by Gasteiger charge is 2.24. The maximum absolute atomic E-state index is 5.94. The van der Waals surface area contributed by atoms with Crippen molar-refractivity contribution >= 4 is 0 Å². The average Bonchev–Trinajstić information content (AvgIpc) is 2.15. The minimum absolute atomic E-state index is 0.0754. The number of nitrogens with one attached hydrogen (secondary N) is 1. The molecule has 0 saturated heterocycles. The van der Waals surface area contributed by atoms with Crippen molar-refractivity contribution in [1.29, 1.82) is 0 Å². The van der Waals surface area contributed by atoms with E-state index < -0.39 is 0 Å². The van der Waals surface area contributed by atoms with Crippen LogP contribution in [0.15, 0.2) is 0 Å². The van der Waals surface area contributed by atoms with Crippen LogP contribution in [0.1, 0.15) is 34.1 Å². The summed E-state index contributed by atoms with van der Waals surface area (Å²) in [5.41, 5.74) is -0.0754. The normalized spacial score (nSPS) is 17.8. The first-order valence-corrected chi connectivity index (χ1v) is 5.45. The lowest BCUT2D eigenvalue weighted by atomic mass is 10.0. The number of rotatable bonds is 8. The third kappa shape index (κ3) is 5.58. The van der Waals surface area contributed by atoms with E-state index >= 15 is 0 Å². The quantitative estimate of drug-likeness (QED) is 0.652. The molecule has 0 amide bonds. The summed E-state index contributed by atoms with van der Waals surface area (Å²) in [5, 5.41) is 3.32. The van der Waals surface area contributed by atoms with Crippen LogP contribution in [0.2, 0.25) is 0 Å². The van der Waals surface area contributed by atoms with Crippen LogP contribution in [-0.2, 0) is 9.47 Å². The lowest BCUT2D eigenvalue weighted by Crippen LogP contribution is -2.43. The molecule has 86 valence electrons. The minimum atomic E-state index is -0.0754. The fourth-order valence-corrected chi connectivity index (χ4v) is 1.39. The van der Waals surface area contributed by atoms with Crippen LogP contribution in [0.25, 0.3) is 0 Å². The van der Waals surface area contributed by atoms with Crippen LogP contribution in [0.4, 0.5) is 0 Å². The first-order valence-electron chi connectivity index (χ1n) is 5.45. The van der Waals surface area contributed by atoms with E-state index in [9.17, 15) is 0 Å². The van der Waals surface area contributed by atoms with E-state index in [-0.39, 0.29) is 11.7 Å². The van der Waals surface area contributed by atoms with Gasteiger partial charge in [-0.2, -0.15) is 0 Å². The van der Waals surface area contributed by atoms with Crippen LogP contribution >= 0.6 is 0 Å². The van der Waals surface area contributed by atoms with Crippen molar-refractivity contribution in [2.24, 2.45) is 0 Å². The fraction of sp³-hybridized carbons (Fsp3) is 1.00. The van der Waals surface area contributed by atoms with Gasteiger partial charge in [0.15, 0.2) is 0 Å². The van der Waals surface area contributed by atoms with Crippen LogP contribution in [-0.4, -0.2) is 38.5 Å². The molecule has 0 radical (unpaired) electrons.